The first-order chi connectivity index (χ1) is 10.7. The van der Waals surface area contributed by atoms with Gasteiger partial charge in [-0.15, -0.1) is 0 Å². The van der Waals surface area contributed by atoms with E-state index < -0.39 is 0 Å². The van der Waals surface area contributed by atoms with Gasteiger partial charge in [0.05, 0.1) is 6.10 Å². The van der Waals surface area contributed by atoms with E-state index in [0.29, 0.717) is 6.10 Å². The maximum absolute atomic E-state index is 6.00. The number of rotatable bonds is 6. The van der Waals surface area contributed by atoms with Gasteiger partial charge in [-0.1, -0.05) is 0 Å². The lowest BCUT2D eigenvalue weighted by atomic mass is 10.1. The standard InChI is InChI=1S/C16H25N5O/c1-19-9-4-14(5-10-19)22-13-3-8-21-12-7-18-16(21)15-17-6-11-20(15)2/h6-7,11-12,14H,3-5,8-10,13H2,1-2H3. The molecule has 2 aromatic rings. The van der Waals surface area contributed by atoms with Gasteiger partial charge in [0.1, 0.15) is 0 Å². The summed E-state index contributed by atoms with van der Waals surface area (Å²) < 4.78 is 10.1. The molecule has 3 rings (SSSR count). The molecule has 1 saturated heterocycles. The Kier molecular flexibility index (Phi) is 4.90. The number of hydrogen-bond acceptors (Lipinski definition) is 4. The van der Waals surface area contributed by atoms with E-state index in [1.807, 2.05) is 30.2 Å². The van der Waals surface area contributed by atoms with E-state index in [1.165, 1.54) is 0 Å². The van der Waals surface area contributed by atoms with Gasteiger partial charge in [0.15, 0.2) is 11.6 Å². The van der Waals surface area contributed by atoms with Gasteiger partial charge in [0.25, 0.3) is 0 Å². The van der Waals surface area contributed by atoms with Gasteiger partial charge < -0.3 is 18.8 Å². The molecule has 120 valence electrons. The van der Waals surface area contributed by atoms with Crippen LogP contribution in [-0.4, -0.2) is 56.9 Å². The molecule has 0 N–H and O–H groups in total. The van der Waals surface area contributed by atoms with Crippen molar-refractivity contribution in [1.29, 1.82) is 0 Å². The molecule has 2 aromatic heterocycles. The number of nitrogens with zero attached hydrogens (tertiary/aromatic N) is 5. The smallest absolute Gasteiger partial charge is 0.176 e. The zero-order chi connectivity index (χ0) is 15.4. The Bertz CT molecular complexity index is 583. The molecule has 6 nitrogen and oxygen atoms in total. The van der Waals surface area contributed by atoms with Gasteiger partial charge >= 0.3 is 0 Å². The van der Waals surface area contributed by atoms with Gasteiger partial charge in [-0.3, -0.25) is 0 Å². The number of aryl methyl sites for hydroxylation is 2. The van der Waals surface area contributed by atoms with Crippen LogP contribution in [0.15, 0.2) is 24.8 Å². The van der Waals surface area contributed by atoms with E-state index in [-0.39, 0.29) is 0 Å². The number of hydrogen-bond donors (Lipinski definition) is 0. The van der Waals surface area contributed by atoms with Crippen LogP contribution in [0.1, 0.15) is 19.3 Å². The van der Waals surface area contributed by atoms with Crippen LogP contribution in [0.25, 0.3) is 11.6 Å². The van der Waals surface area contributed by atoms with Crippen molar-refractivity contribution < 1.29 is 4.74 Å². The van der Waals surface area contributed by atoms with Crippen molar-refractivity contribution in [2.75, 3.05) is 26.7 Å². The van der Waals surface area contributed by atoms with Crippen molar-refractivity contribution in [3.05, 3.63) is 24.8 Å². The maximum atomic E-state index is 6.00. The molecule has 6 heteroatoms. The average Bonchev–Trinajstić information content (AvgIpc) is 3.14. The van der Waals surface area contributed by atoms with E-state index in [0.717, 1.165) is 57.2 Å². The van der Waals surface area contributed by atoms with Crippen LogP contribution < -0.4 is 0 Å². The zero-order valence-corrected chi connectivity index (χ0v) is 13.5. The van der Waals surface area contributed by atoms with E-state index in [4.69, 9.17) is 4.74 Å². The van der Waals surface area contributed by atoms with E-state index >= 15 is 0 Å². The van der Waals surface area contributed by atoms with Gasteiger partial charge in [0, 0.05) is 58.1 Å². The maximum Gasteiger partial charge on any atom is 0.176 e. The Balaban J connectivity index is 1.47. The van der Waals surface area contributed by atoms with Crippen molar-refractivity contribution in [3.63, 3.8) is 0 Å². The molecule has 1 aliphatic rings. The van der Waals surface area contributed by atoms with Gasteiger partial charge in [0.2, 0.25) is 0 Å². The molecule has 0 atom stereocenters. The van der Waals surface area contributed by atoms with Crippen molar-refractivity contribution in [3.8, 4) is 11.6 Å². The Morgan fingerprint density at radius 1 is 1.09 bits per heavy atom. The fraction of sp³-hybridized carbons (Fsp3) is 0.625. The molecular formula is C16H25N5O. The van der Waals surface area contributed by atoms with Crippen LogP contribution in [0.4, 0.5) is 0 Å². The third-order valence-corrected chi connectivity index (χ3v) is 4.30. The van der Waals surface area contributed by atoms with Crippen molar-refractivity contribution in [2.24, 2.45) is 7.05 Å². The molecule has 0 amide bonds. The predicted octanol–water partition coefficient (Wildman–Crippen LogP) is 1.78. The van der Waals surface area contributed by atoms with E-state index in [2.05, 4.69) is 26.5 Å². The van der Waals surface area contributed by atoms with E-state index in [1.54, 1.807) is 6.20 Å². The lowest BCUT2D eigenvalue weighted by molar-refractivity contribution is 0.0103. The van der Waals surface area contributed by atoms with Gasteiger partial charge in [-0.25, -0.2) is 9.97 Å². The summed E-state index contributed by atoms with van der Waals surface area (Å²) in [6, 6.07) is 0. The summed E-state index contributed by atoms with van der Waals surface area (Å²) in [5.41, 5.74) is 0. The molecule has 0 radical (unpaired) electrons. The van der Waals surface area contributed by atoms with Crippen LogP contribution in [-0.2, 0) is 18.3 Å². The second kappa shape index (κ2) is 7.07. The lowest BCUT2D eigenvalue weighted by Gasteiger charge is -2.28. The van der Waals surface area contributed by atoms with Crippen LogP contribution in [0, 0.1) is 0 Å². The SMILES string of the molecule is CN1CCC(OCCCn2ccnc2-c2nccn2C)CC1. The molecule has 0 saturated carbocycles. The highest BCUT2D eigenvalue weighted by molar-refractivity contribution is 5.44. The minimum Gasteiger partial charge on any atom is -0.378 e. The molecule has 0 aliphatic carbocycles. The molecule has 22 heavy (non-hydrogen) atoms. The van der Waals surface area contributed by atoms with Gasteiger partial charge in [-0.2, -0.15) is 0 Å². The van der Waals surface area contributed by atoms with Crippen molar-refractivity contribution in [2.45, 2.75) is 31.9 Å². The molecular weight excluding hydrogens is 278 g/mol. The molecule has 0 unspecified atom stereocenters. The first-order valence-corrected chi connectivity index (χ1v) is 8.03. The van der Waals surface area contributed by atoms with Crippen LogP contribution in [0.3, 0.4) is 0 Å². The summed E-state index contributed by atoms with van der Waals surface area (Å²) in [6.45, 7) is 4.02. The van der Waals surface area contributed by atoms with E-state index in [9.17, 15) is 0 Å². The summed E-state index contributed by atoms with van der Waals surface area (Å²) >= 11 is 0. The predicted molar refractivity (Wildman–Crippen MR) is 85.5 cm³/mol. The summed E-state index contributed by atoms with van der Waals surface area (Å²) in [7, 11) is 4.17. The fourth-order valence-corrected chi connectivity index (χ4v) is 2.91. The minimum absolute atomic E-state index is 0.438. The first-order valence-electron chi connectivity index (χ1n) is 8.03. The van der Waals surface area contributed by atoms with Crippen molar-refractivity contribution in [1.82, 2.24) is 24.0 Å². The average molecular weight is 303 g/mol. The third kappa shape index (κ3) is 3.56. The van der Waals surface area contributed by atoms with Gasteiger partial charge in [-0.05, 0) is 26.3 Å². The number of ether oxygens (including phenoxy) is 1. The normalized spacial score (nSPS) is 17.2. The van der Waals surface area contributed by atoms with Crippen molar-refractivity contribution >= 4 is 0 Å². The summed E-state index contributed by atoms with van der Waals surface area (Å²) in [6.07, 6.45) is 11.3. The van der Waals surface area contributed by atoms with Crippen LogP contribution in [0.2, 0.25) is 0 Å². The third-order valence-electron chi connectivity index (χ3n) is 4.30. The fourth-order valence-electron chi connectivity index (χ4n) is 2.91. The first kappa shape index (κ1) is 15.2. The quantitative estimate of drug-likeness (QED) is 0.763. The molecule has 1 fully saturated rings. The number of piperidine rings is 1. The molecule has 3 heterocycles. The minimum atomic E-state index is 0.438. The Labute approximate surface area is 131 Å². The Morgan fingerprint density at radius 3 is 2.55 bits per heavy atom. The second-order valence-corrected chi connectivity index (χ2v) is 6.03. The van der Waals surface area contributed by atoms with Crippen LogP contribution >= 0.6 is 0 Å². The molecule has 0 bridgehead atoms. The largest absolute Gasteiger partial charge is 0.378 e. The number of imidazole rings is 2. The Hall–Kier alpha value is -1.66. The highest BCUT2D eigenvalue weighted by Crippen LogP contribution is 2.15. The zero-order valence-electron chi connectivity index (χ0n) is 13.5. The topological polar surface area (TPSA) is 48.1 Å². The molecule has 0 spiro atoms. The molecule has 0 aromatic carbocycles. The van der Waals surface area contributed by atoms with Crippen LogP contribution in [0.5, 0.6) is 0 Å². The second-order valence-electron chi connectivity index (χ2n) is 6.03. The monoisotopic (exact) mass is 303 g/mol. The highest BCUT2D eigenvalue weighted by atomic mass is 16.5. The summed E-state index contributed by atoms with van der Waals surface area (Å²) in [5.74, 6) is 1.83. The lowest BCUT2D eigenvalue weighted by Crippen LogP contribution is -2.34. The number of aromatic nitrogens is 4. The summed E-state index contributed by atoms with van der Waals surface area (Å²) in [5, 5.41) is 0. The highest BCUT2D eigenvalue weighted by Gasteiger charge is 2.16. The number of likely N-dealkylation sites (tertiary alicyclic amines) is 1. The Morgan fingerprint density at radius 2 is 1.82 bits per heavy atom. The molecule has 1 aliphatic heterocycles. The summed E-state index contributed by atoms with van der Waals surface area (Å²) in [4.78, 5) is 11.2.